The first-order valence-corrected chi connectivity index (χ1v) is 8.57. The molecule has 114 valence electrons. The van der Waals surface area contributed by atoms with Crippen LogP contribution < -0.4 is 0 Å². The van der Waals surface area contributed by atoms with E-state index in [1.165, 1.54) is 44.5 Å². The lowest BCUT2D eigenvalue weighted by Crippen LogP contribution is -1.90. The fourth-order valence-corrected chi connectivity index (χ4v) is 4.00. The van der Waals surface area contributed by atoms with Crippen molar-refractivity contribution in [2.75, 3.05) is 0 Å². The normalized spacial score (nSPS) is 14.8. The van der Waals surface area contributed by atoms with Gasteiger partial charge >= 0.3 is 0 Å². The Labute approximate surface area is 142 Å². The van der Waals surface area contributed by atoms with Crippen LogP contribution in [0.25, 0.3) is 22.3 Å². The van der Waals surface area contributed by atoms with E-state index in [1.807, 2.05) is 0 Å². The van der Waals surface area contributed by atoms with Crippen LogP contribution in [0.2, 0.25) is 0 Å². The standard InChI is InChI=1S/C24H18/c1-2-7-17(8-3-1)18-13-14-20(15-18)22-11-6-12-23-21-10-5-4-9-19(21)16-24(22)23/h1-13,15H,14,16H2. The summed E-state index contributed by atoms with van der Waals surface area (Å²) in [5.74, 6) is 0. The summed E-state index contributed by atoms with van der Waals surface area (Å²) >= 11 is 0. The minimum atomic E-state index is 1.02. The molecule has 0 radical (unpaired) electrons. The topological polar surface area (TPSA) is 0 Å². The molecular formula is C24H18. The highest BCUT2D eigenvalue weighted by Gasteiger charge is 2.22. The molecule has 0 unspecified atom stereocenters. The molecule has 0 fully saturated rings. The molecule has 3 aromatic rings. The Hall–Kier alpha value is -2.86. The molecule has 3 aromatic carbocycles. The van der Waals surface area contributed by atoms with E-state index < -0.39 is 0 Å². The van der Waals surface area contributed by atoms with E-state index in [0.717, 1.165) is 12.8 Å². The first-order valence-electron chi connectivity index (χ1n) is 8.57. The maximum absolute atomic E-state index is 2.37. The van der Waals surface area contributed by atoms with Crippen LogP contribution >= 0.6 is 0 Å². The summed E-state index contributed by atoms with van der Waals surface area (Å²) in [5.41, 5.74) is 11.3. The van der Waals surface area contributed by atoms with Gasteiger partial charge in [0, 0.05) is 0 Å². The molecule has 0 N–H and O–H groups in total. The highest BCUT2D eigenvalue weighted by molar-refractivity contribution is 5.92. The van der Waals surface area contributed by atoms with Crippen LogP contribution in [0.5, 0.6) is 0 Å². The number of hydrogen-bond acceptors (Lipinski definition) is 0. The van der Waals surface area contributed by atoms with Crippen molar-refractivity contribution in [1.82, 2.24) is 0 Å². The van der Waals surface area contributed by atoms with Crippen molar-refractivity contribution in [2.24, 2.45) is 0 Å². The van der Waals surface area contributed by atoms with Crippen molar-refractivity contribution in [1.29, 1.82) is 0 Å². The maximum Gasteiger partial charge on any atom is -0.000740 e. The van der Waals surface area contributed by atoms with Crippen LogP contribution in [0.3, 0.4) is 0 Å². The molecule has 0 saturated carbocycles. The van der Waals surface area contributed by atoms with E-state index in [9.17, 15) is 0 Å². The van der Waals surface area contributed by atoms with E-state index >= 15 is 0 Å². The van der Waals surface area contributed by atoms with Crippen LogP contribution in [0.4, 0.5) is 0 Å². The summed E-state index contributed by atoms with van der Waals surface area (Å²) in [4.78, 5) is 0. The average molecular weight is 306 g/mol. The molecule has 0 aromatic heterocycles. The van der Waals surface area contributed by atoms with Crippen molar-refractivity contribution in [2.45, 2.75) is 12.8 Å². The molecule has 0 spiro atoms. The summed E-state index contributed by atoms with van der Waals surface area (Å²) < 4.78 is 0. The van der Waals surface area contributed by atoms with Crippen molar-refractivity contribution in [3.63, 3.8) is 0 Å². The molecule has 2 aliphatic carbocycles. The summed E-state index contributed by atoms with van der Waals surface area (Å²) in [6, 6.07) is 26.2. The minimum absolute atomic E-state index is 1.02. The number of rotatable bonds is 2. The predicted octanol–water partition coefficient (Wildman–Crippen LogP) is 6.13. The molecule has 5 rings (SSSR count). The fraction of sp³-hybridized carbons (Fsp3) is 0.0833. The van der Waals surface area contributed by atoms with E-state index in [2.05, 4.69) is 84.9 Å². The van der Waals surface area contributed by atoms with Gasteiger partial charge in [-0.15, -0.1) is 0 Å². The lowest BCUT2D eigenvalue weighted by molar-refractivity contribution is 1.24. The zero-order valence-corrected chi connectivity index (χ0v) is 13.5. The molecule has 2 aliphatic rings. The minimum Gasteiger partial charge on any atom is -0.0722 e. The second kappa shape index (κ2) is 5.35. The average Bonchev–Trinajstić information content (AvgIpc) is 3.27. The van der Waals surface area contributed by atoms with Crippen LogP contribution in [-0.4, -0.2) is 0 Å². The first-order chi connectivity index (χ1) is 11.9. The third kappa shape index (κ3) is 2.07. The van der Waals surface area contributed by atoms with Gasteiger partial charge in [0.2, 0.25) is 0 Å². The second-order valence-corrected chi connectivity index (χ2v) is 6.56. The number of benzene rings is 3. The third-order valence-corrected chi connectivity index (χ3v) is 5.18. The lowest BCUT2D eigenvalue weighted by atomic mass is 9.95. The predicted molar refractivity (Wildman–Crippen MR) is 102 cm³/mol. The second-order valence-electron chi connectivity index (χ2n) is 6.56. The largest absolute Gasteiger partial charge is 0.0722 e. The van der Waals surface area contributed by atoms with E-state index in [0.29, 0.717) is 0 Å². The zero-order chi connectivity index (χ0) is 15.9. The molecule has 0 atom stereocenters. The molecular weight excluding hydrogens is 288 g/mol. The highest BCUT2D eigenvalue weighted by Crippen LogP contribution is 2.42. The Morgan fingerprint density at radius 3 is 2.29 bits per heavy atom. The van der Waals surface area contributed by atoms with Crippen LogP contribution in [0.1, 0.15) is 28.7 Å². The lowest BCUT2D eigenvalue weighted by Gasteiger charge is -2.09. The van der Waals surface area contributed by atoms with Gasteiger partial charge in [-0.25, -0.2) is 0 Å². The van der Waals surface area contributed by atoms with Gasteiger partial charge in [-0.1, -0.05) is 84.9 Å². The quantitative estimate of drug-likeness (QED) is 0.418. The maximum atomic E-state index is 2.37. The molecule has 0 aliphatic heterocycles. The smallest absolute Gasteiger partial charge is 0.000740 e. The van der Waals surface area contributed by atoms with Crippen LogP contribution in [0, 0.1) is 0 Å². The van der Waals surface area contributed by atoms with Gasteiger partial charge in [-0.05, 0) is 57.4 Å². The number of hydrogen-bond donors (Lipinski definition) is 0. The first kappa shape index (κ1) is 13.6. The molecule has 0 heteroatoms. The van der Waals surface area contributed by atoms with Crippen molar-refractivity contribution in [3.05, 3.63) is 107 Å². The Morgan fingerprint density at radius 2 is 1.38 bits per heavy atom. The van der Waals surface area contributed by atoms with Crippen molar-refractivity contribution in [3.8, 4) is 11.1 Å². The summed E-state index contributed by atoms with van der Waals surface area (Å²) in [6.07, 6.45) is 6.80. The van der Waals surface area contributed by atoms with E-state index in [-0.39, 0.29) is 0 Å². The summed E-state index contributed by atoms with van der Waals surface area (Å²) in [7, 11) is 0. The SMILES string of the molecule is C1=C(c2ccccc2)C=C(c2cccc3c2Cc2ccccc2-3)C1. The van der Waals surface area contributed by atoms with Gasteiger partial charge in [0.15, 0.2) is 0 Å². The van der Waals surface area contributed by atoms with Gasteiger partial charge in [0.05, 0.1) is 0 Å². The summed E-state index contributed by atoms with van der Waals surface area (Å²) in [6.45, 7) is 0. The highest BCUT2D eigenvalue weighted by atomic mass is 14.3. The van der Waals surface area contributed by atoms with Crippen LogP contribution in [-0.2, 0) is 6.42 Å². The van der Waals surface area contributed by atoms with Gasteiger partial charge in [0.1, 0.15) is 0 Å². The van der Waals surface area contributed by atoms with E-state index in [1.54, 1.807) is 0 Å². The zero-order valence-electron chi connectivity index (χ0n) is 13.5. The number of allylic oxidation sites excluding steroid dienone is 4. The Bertz CT molecular complexity index is 988. The van der Waals surface area contributed by atoms with Gasteiger partial charge in [-0.3, -0.25) is 0 Å². The molecule has 0 amide bonds. The molecule has 24 heavy (non-hydrogen) atoms. The molecule has 0 heterocycles. The number of fused-ring (bicyclic) bond motifs is 3. The fourth-order valence-electron chi connectivity index (χ4n) is 4.00. The van der Waals surface area contributed by atoms with Crippen LogP contribution in [0.15, 0.2) is 84.9 Å². The Balaban J connectivity index is 1.57. The Morgan fingerprint density at radius 1 is 0.625 bits per heavy atom. The molecule has 0 saturated heterocycles. The molecule has 0 nitrogen and oxygen atoms in total. The van der Waals surface area contributed by atoms with Gasteiger partial charge in [-0.2, -0.15) is 0 Å². The third-order valence-electron chi connectivity index (χ3n) is 5.18. The molecule has 0 bridgehead atoms. The van der Waals surface area contributed by atoms with Crippen molar-refractivity contribution < 1.29 is 0 Å². The monoisotopic (exact) mass is 306 g/mol. The summed E-state index contributed by atoms with van der Waals surface area (Å²) in [5, 5.41) is 0. The van der Waals surface area contributed by atoms with E-state index in [4.69, 9.17) is 0 Å². The van der Waals surface area contributed by atoms with Gasteiger partial charge < -0.3 is 0 Å². The van der Waals surface area contributed by atoms with Crippen molar-refractivity contribution >= 4 is 11.1 Å². The Kier molecular flexibility index (Phi) is 3.02. The van der Waals surface area contributed by atoms with Gasteiger partial charge in [0.25, 0.3) is 0 Å².